The van der Waals surface area contributed by atoms with E-state index in [1.54, 1.807) is 19.1 Å². The molecular formula is C13H11ClN4O2S2. The molecule has 1 aromatic heterocycles. The molecule has 2 aromatic rings. The Balaban J connectivity index is 1.66. The number of amides is 2. The lowest BCUT2D eigenvalue weighted by atomic mass is 10.2. The van der Waals surface area contributed by atoms with Crippen molar-refractivity contribution in [3.8, 4) is 0 Å². The number of fused-ring (bicyclic) bond motifs is 1. The monoisotopic (exact) mass is 354 g/mol. The molecule has 6 nitrogen and oxygen atoms in total. The first-order chi connectivity index (χ1) is 10.5. The van der Waals surface area contributed by atoms with Crippen LogP contribution in [-0.2, 0) is 9.59 Å². The number of carbonyl (C=O) groups excluding carboxylic acids is 2. The number of aromatic nitrogens is 2. The lowest BCUT2D eigenvalue weighted by Crippen LogP contribution is -2.32. The van der Waals surface area contributed by atoms with E-state index in [0.29, 0.717) is 15.8 Å². The van der Waals surface area contributed by atoms with Crippen LogP contribution < -0.4 is 10.6 Å². The molecule has 2 N–H and O–H groups in total. The molecule has 1 aliphatic heterocycles. The SMILES string of the molecule is Cc1nnc(NC(=O)CC2Sc3ccc(Cl)cc3NC2=O)s1. The molecule has 0 spiro atoms. The van der Waals surface area contributed by atoms with Crippen molar-refractivity contribution < 1.29 is 9.59 Å². The van der Waals surface area contributed by atoms with Crippen molar-refractivity contribution in [3.63, 3.8) is 0 Å². The molecule has 0 bridgehead atoms. The third kappa shape index (κ3) is 3.40. The molecular weight excluding hydrogens is 344 g/mol. The van der Waals surface area contributed by atoms with E-state index in [4.69, 9.17) is 11.6 Å². The number of benzene rings is 1. The van der Waals surface area contributed by atoms with Gasteiger partial charge in [0, 0.05) is 16.3 Å². The molecule has 1 unspecified atom stereocenters. The fourth-order valence-electron chi connectivity index (χ4n) is 1.94. The molecule has 9 heteroatoms. The van der Waals surface area contributed by atoms with Gasteiger partial charge in [-0.3, -0.25) is 9.59 Å². The topological polar surface area (TPSA) is 84.0 Å². The Morgan fingerprint density at radius 2 is 2.27 bits per heavy atom. The summed E-state index contributed by atoms with van der Waals surface area (Å²) in [7, 11) is 0. The maximum absolute atomic E-state index is 12.1. The first-order valence-electron chi connectivity index (χ1n) is 6.38. The van der Waals surface area contributed by atoms with Crippen molar-refractivity contribution >= 4 is 57.3 Å². The van der Waals surface area contributed by atoms with Gasteiger partial charge in [0.1, 0.15) is 5.01 Å². The predicted molar refractivity (Wildman–Crippen MR) is 87.6 cm³/mol. The largest absolute Gasteiger partial charge is 0.324 e. The van der Waals surface area contributed by atoms with Crippen LogP contribution in [0.15, 0.2) is 23.1 Å². The average molecular weight is 355 g/mol. The highest BCUT2D eigenvalue weighted by Crippen LogP contribution is 2.38. The van der Waals surface area contributed by atoms with E-state index >= 15 is 0 Å². The van der Waals surface area contributed by atoms with Gasteiger partial charge in [-0.2, -0.15) is 0 Å². The Morgan fingerprint density at radius 3 is 3.00 bits per heavy atom. The number of nitrogens with one attached hydrogen (secondary N) is 2. The summed E-state index contributed by atoms with van der Waals surface area (Å²) in [6.07, 6.45) is 0.0667. The standard InChI is InChI=1S/C13H11ClN4O2S2/c1-6-17-18-13(21-6)16-11(19)5-10-12(20)15-8-4-7(14)2-3-9(8)22-10/h2-4,10H,5H2,1H3,(H,15,20)(H,16,18,19). The second kappa shape index (κ2) is 6.23. The van der Waals surface area contributed by atoms with Crippen LogP contribution >= 0.6 is 34.7 Å². The number of carbonyl (C=O) groups is 2. The molecule has 0 radical (unpaired) electrons. The van der Waals surface area contributed by atoms with E-state index in [-0.39, 0.29) is 18.2 Å². The molecule has 22 heavy (non-hydrogen) atoms. The van der Waals surface area contributed by atoms with E-state index in [0.717, 1.165) is 9.90 Å². The Bertz CT molecular complexity index is 749. The lowest BCUT2D eigenvalue weighted by Gasteiger charge is -2.23. The highest BCUT2D eigenvalue weighted by Gasteiger charge is 2.29. The van der Waals surface area contributed by atoms with Crippen molar-refractivity contribution in [3.05, 3.63) is 28.2 Å². The van der Waals surface area contributed by atoms with Crippen LogP contribution in [0.4, 0.5) is 10.8 Å². The Morgan fingerprint density at radius 1 is 1.45 bits per heavy atom. The zero-order valence-electron chi connectivity index (χ0n) is 11.4. The molecule has 3 rings (SSSR count). The second-order valence-corrected chi connectivity index (χ2v) is 7.48. The third-order valence-electron chi connectivity index (χ3n) is 2.90. The van der Waals surface area contributed by atoms with Gasteiger partial charge in [-0.15, -0.1) is 22.0 Å². The van der Waals surface area contributed by atoms with Crippen molar-refractivity contribution in [2.75, 3.05) is 10.6 Å². The smallest absolute Gasteiger partial charge is 0.238 e. The van der Waals surface area contributed by atoms with E-state index in [2.05, 4.69) is 20.8 Å². The predicted octanol–water partition coefficient (Wildman–Crippen LogP) is 2.94. The molecule has 1 aromatic carbocycles. The second-order valence-electron chi connectivity index (χ2n) is 4.61. The average Bonchev–Trinajstić information content (AvgIpc) is 2.85. The minimum Gasteiger partial charge on any atom is -0.324 e. The van der Waals surface area contributed by atoms with E-state index < -0.39 is 5.25 Å². The Hall–Kier alpha value is -1.64. The van der Waals surface area contributed by atoms with Gasteiger partial charge in [-0.25, -0.2) is 0 Å². The van der Waals surface area contributed by atoms with Crippen LogP contribution in [0, 0.1) is 6.92 Å². The van der Waals surface area contributed by atoms with E-state index in [1.807, 2.05) is 6.07 Å². The third-order valence-corrected chi connectivity index (χ3v) is 5.17. The number of thioether (sulfide) groups is 1. The summed E-state index contributed by atoms with van der Waals surface area (Å²) in [6, 6.07) is 5.29. The molecule has 2 amide bonds. The zero-order chi connectivity index (χ0) is 15.7. The van der Waals surface area contributed by atoms with E-state index in [1.165, 1.54) is 23.1 Å². The summed E-state index contributed by atoms with van der Waals surface area (Å²) < 4.78 is 0. The molecule has 2 heterocycles. The highest BCUT2D eigenvalue weighted by molar-refractivity contribution is 8.01. The Labute approximate surface area is 139 Å². The quantitative estimate of drug-likeness (QED) is 0.885. The van der Waals surface area contributed by atoms with Gasteiger partial charge in [0.25, 0.3) is 0 Å². The van der Waals surface area contributed by atoms with Crippen molar-refractivity contribution in [1.82, 2.24) is 10.2 Å². The number of rotatable bonds is 3. The van der Waals surface area contributed by atoms with Crippen molar-refractivity contribution in [2.24, 2.45) is 0 Å². The molecule has 114 valence electrons. The van der Waals surface area contributed by atoms with Gasteiger partial charge >= 0.3 is 0 Å². The van der Waals surface area contributed by atoms with Crippen LogP contribution in [0.1, 0.15) is 11.4 Å². The molecule has 0 saturated carbocycles. The van der Waals surface area contributed by atoms with Crippen LogP contribution in [0.5, 0.6) is 0 Å². The van der Waals surface area contributed by atoms with Gasteiger partial charge in [0.15, 0.2) is 0 Å². The van der Waals surface area contributed by atoms with Crippen LogP contribution in [0.25, 0.3) is 0 Å². The maximum atomic E-state index is 12.1. The molecule has 1 aliphatic rings. The van der Waals surface area contributed by atoms with Crippen molar-refractivity contribution in [1.29, 1.82) is 0 Å². The van der Waals surface area contributed by atoms with Crippen molar-refractivity contribution in [2.45, 2.75) is 23.5 Å². The number of halogens is 1. The number of aryl methyl sites for hydroxylation is 1. The van der Waals surface area contributed by atoms with Crippen LogP contribution in [0.3, 0.4) is 0 Å². The summed E-state index contributed by atoms with van der Waals surface area (Å²) in [5.74, 6) is -0.468. The number of nitrogens with zero attached hydrogens (tertiary/aromatic N) is 2. The lowest BCUT2D eigenvalue weighted by molar-refractivity contribution is -0.120. The summed E-state index contributed by atoms with van der Waals surface area (Å²) in [4.78, 5) is 25.0. The Kier molecular flexibility index (Phi) is 4.32. The first kappa shape index (κ1) is 15.3. The fraction of sp³-hybridized carbons (Fsp3) is 0.231. The molecule has 0 saturated heterocycles. The molecule has 0 aliphatic carbocycles. The minimum atomic E-state index is -0.484. The van der Waals surface area contributed by atoms with Gasteiger partial charge in [0.05, 0.1) is 10.9 Å². The normalized spacial score (nSPS) is 16.8. The van der Waals surface area contributed by atoms with Gasteiger partial charge < -0.3 is 10.6 Å². The molecule has 1 atom stereocenters. The van der Waals surface area contributed by atoms with E-state index in [9.17, 15) is 9.59 Å². The van der Waals surface area contributed by atoms with Gasteiger partial charge in [-0.1, -0.05) is 22.9 Å². The summed E-state index contributed by atoms with van der Waals surface area (Å²) >= 11 is 8.55. The highest BCUT2D eigenvalue weighted by atomic mass is 35.5. The number of anilines is 2. The number of hydrogen-bond acceptors (Lipinski definition) is 6. The summed E-state index contributed by atoms with van der Waals surface area (Å²) in [6.45, 7) is 1.81. The molecule has 0 fully saturated rings. The van der Waals surface area contributed by atoms with Crippen LogP contribution in [0.2, 0.25) is 5.02 Å². The van der Waals surface area contributed by atoms with Gasteiger partial charge in [0.2, 0.25) is 16.9 Å². The summed E-state index contributed by atoms with van der Waals surface area (Å²) in [5, 5.41) is 14.4. The summed E-state index contributed by atoms with van der Waals surface area (Å²) in [5.41, 5.74) is 0.680. The van der Waals surface area contributed by atoms with Gasteiger partial charge in [-0.05, 0) is 25.1 Å². The maximum Gasteiger partial charge on any atom is 0.238 e. The minimum absolute atomic E-state index is 0.0667. The zero-order valence-corrected chi connectivity index (χ0v) is 13.8. The number of hydrogen-bond donors (Lipinski definition) is 2. The first-order valence-corrected chi connectivity index (χ1v) is 8.46. The van der Waals surface area contributed by atoms with Crippen LogP contribution in [-0.4, -0.2) is 27.3 Å². The fourth-order valence-corrected chi connectivity index (χ4v) is 3.81.